The van der Waals surface area contributed by atoms with Crippen molar-refractivity contribution in [1.82, 2.24) is 9.97 Å². The highest BCUT2D eigenvalue weighted by atomic mass is 16.5. The first-order chi connectivity index (χ1) is 12.7. The molecule has 2 aliphatic carbocycles. The molecule has 0 bridgehead atoms. The molecule has 2 N–H and O–H groups in total. The van der Waals surface area contributed by atoms with E-state index in [1.807, 2.05) is 18.3 Å². The largest absolute Gasteiger partial charge is 0.493 e. The summed E-state index contributed by atoms with van der Waals surface area (Å²) in [6.07, 6.45) is 10.2. The van der Waals surface area contributed by atoms with Crippen LogP contribution in [0.2, 0.25) is 0 Å². The molecule has 2 aliphatic rings. The molecule has 1 aromatic heterocycles. The van der Waals surface area contributed by atoms with Gasteiger partial charge in [0.2, 0.25) is 5.95 Å². The maximum atomic E-state index is 9.64. The van der Waals surface area contributed by atoms with Crippen molar-refractivity contribution in [3.8, 4) is 11.5 Å². The van der Waals surface area contributed by atoms with Gasteiger partial charge in [0.1, 0.15) is 0 Å². The van der Waals surface area contributed by atoms with Crippen molar-refractivity contribution in [1.29, 1.82) is 0 Å². The number of aliphatic hydroxyl groups excluding tert-OH is 1. The molecule has 2 fully saturated rings. The minimum absolute atomic E-state index is 0.159. The number of hydrogen-bond donors (Lipinski definition) is 2. The molecular formula is C20H27N3O3. The van der Waals surface area contributed by atoms with E-state index in [9.17, 15) is 5.11 Å². The Kier molecular flexibility index (Phi) is 5.11. The van der Waals surface area contributed by atoms with E-state index in [-0.39, 0.29) is 12.2 Å². The van der Waals surface area contributed by atoms with Gasteiger partial charge in [-0.05, 0) is 57.4 Å². The number of hydrogen-bond acceptors (Lipinski definition) is 6. The van der Waals surface area contributed by atoms with Crippen molar-refractivity contribution in [3.05, 3.63) is 18.3 Å². The molecule has 1 heterocycles. The number of nitrogens with zero attached hydrogens (tertiary/aromatic N) is 2. The fourth-order valence-electron chi connectivity index (χ4n) is 3.95. The molecule has 1 aromatic carbocycles. The molecule has 0 unspecified atom stereocenters. The number of benzene rings is 1. The Morgan fingerprint density at radius 1 is 1.04 bits per heavy atom. The van der Waals surface area contributed by atoms with Crippen LogP contribution in [-0.4, -0.2) is 40.4 Å². The lowest BCUT2D eigenvalue weighted by Crippen LogP contribution is -2.28. The maximum Gasteiger partial charge on any atom is 0.223 e. The third-order valence-corrected chi connectivity index (χ3v) is 5.49. The Morgan fingerprint density at radius 2 is 1.81 bits per heavy atom. The van der Waals surface area contributed by atoms with Gasteiger partial charge in [-0.3, -0.25) is 0 Å². The zero-order valence-corrected chi connectivity index (χ0v) is 15.3. The number of aromatic nitrogens is 2. The summed E-state index contributed by atoms with van der Waals surface area (Å²) in [5.74, 6) is 2.12. The van der Waals surface area contributed by atoms with Crippen LogP contribution < -0.4 is 14.8 Å². The number of aliphatic hydroxyl groups is 1. The zero-order chi connectivity index (χ0) is 17.9. The van der Waals surface area contributed by atoms with Crippen molar-refractivity contribution >= 4 is 16.9 Å². The van der Waals surface area contributed by atoms with Gasteiger partial charge in [-0.2, -0.15) is 0 Å². The normalized spacial score (nSPS) is 23.9. The van der Waals surface area contributed by atoms with Crippen molar-refractivity contribution in [2.24, 2.45) is 0 Å². The minimum Gasteiger partial charge on any atom is -0.493 e. The van der Waals surface area contributed by atoms with Crippen molar-refractivity contribution in [2.45, 2.75) is 69.6 Å². The van der Waals surface area contributed by atoms with Gasteiger partial charge in [0.25, 0.3) is 0 Å². The van der Waals surface area contributed by atoms with Crippen LogP contribution in [-0.2, 0) is 0 Å². The van der Waals surface area contributed by atoms with Crippen molar-refractivity contribution in [3.63, 3.8) is 0 Å². The molecule has 6 heteroatoms. The fraction of sp³-hybridized carbons (Fsp3) is 0.600. The first-order valence-corrected chi connectivity index (χ1v) is 9.67. The average Bonchev–Trinajstić information content (AvgIpc) is 3.16. The smallest absolute Gasteiger partial charge is 0.223 e. The molecule has 0 radical (unpaired) electrons. The number of fused-ring (bicyclic) bond motifs is 1. The summed E-state index contributed by atoms with van der Waals surface area (Å²) in [6.45, 7) is 0. The Bertz CT molecular complexity index is 753. The van der Waals surface area contributed by atoms with E-state index >= 15 is 0 Å². The highest BCUT2D eigenvalue weighted by molar-refractivity contribution is 5.82. The van der Waals surface area contributed by atoms with Crippen LogP contribution in [0.5, 0.6) is 11.5 Å². The molecular weight excluding hydrogens is 330 g/mol. The Hall–Kier alpha value is -2.08. The lowest BCUT2D eigenvalue weighted by Gasteiger charge is -2.26. The Balaban J connectivity index is 1.53. The summed E-state index contributed by atoms with van der Waals surface area (Å²) < 4.78 is 11.7. The van der Waals surface area contributed by atoms with E-state index in [0.29, 0.717) is 12.0 Å². The summed E-state index contributed by atoms with van der Waals surface area (Å²) in [5.41, 5.74) is 0.842. The van der Waals surface area contributed by atoms with Crippen LogP contribution in [0.3, 0.4) is 0 Å². The van der Waals surface area contributed by atoms with Crippen LogP contribution in [0.25, 0.3) is 10.9 Å². The predicted octanol–water partition coefficient (Wildman–Crippen LogP) is 3.68. The third kappa shape index (κ3) is 3.85. The molecule has 0 atom stereocenters. The first-order valence-electron chi connectivity index (χ1n) is 9.67. The van der Waals surface area contributed by atoms with Crippen LogP contribution in [0.4, 0.5) is 5.95 Å². The van der Waals surface area contributed by atoms with Gasteiger partial charge in [-0.15, -0.1) is 0 Å². The molecule has 0 aliphatic heterocycles. The van der Waals surface area contributed by atoms with Gasteiger partial charge in [0.05, 0.1) is 24.8 Å². The second-order valence-electron chi connectivity index (χ2n) is 7.43. The molecule has 2 aromatic rings. The predicted molar refractivity (Wildman–Crippen MR) is 101 cm³/mol. The number of rotatable bonds is 5. The van der Waals surface area contributed by atoms with Crippen molar-refractivity contribution < 1.29 is 14.6 Å². The average molecular weight is 357 g/mol. The summed E-state index contributed by atoms with van der Waals surface area (Å²) >= 11 is 0. The van der Waals surface area contributed by atoms with E-state index in [4.69, 9.17) is 9.47 Å². The molecule has 0 spiro atoms. The lowest BCUT2D eigenvalue weighted by molar-refractivity contribution is 0.126. The van der Waals surface area contributed by atoms with Crippen LogP contribution in [0.15, 0.2) is 18.3 Å². The second-order valence-corrected chi connectivity index (χ2v) is 7.43. The van der Waals surface area contributed by atoms with E-state index < -0.39 is 0 Å². The maximum absolute atomic E-state index is 9.64. The SMILES string of the molecule is COc1cc2nc(N[C@H]3CC[C@H](O)CC3)ncc2cc1OC1CCCC1. The van der Waals surface area contributed by atoms with Gasteiger partial charge in [0.15, 0.2) is 11.5 Å². The van der Waals surface area contributed by atoms with Crippen LogP contribution >= 0.6 is 0 Å². The fourth-order valence-corrected chi connectivity index (χ4v) is 3.95. The lowest BCUT2D eigenvalue weighted by atomic mass is 9.93. The molecule has 0 saturated heterocycles. The summed E-state index contributed by atoms with van der Waals surface area (Å²) in [6, 6.07) is 4.23. The number of nitrogens with one attached hydrogen (secondary N) is 1. The summed E-state index contributed by atoms with van der Waals surface area (Å²) in [7, 11) is 1.66. The van der Waals surface area contributed by atoms with Gasteiger partial charge < -0.3 is 19.9 Å². The van der Waals surface area contributed by atoms with Crippen LogP contribution in [0.1, 0.15) is 51.4 Å². The number of methoxy groups -OCH3 is 1. The van der Waals surface area contributed by atoms with E-state index in [2.05, 4.69) is 15.3 Å². The van der Waals surface area contributed by atoms with E-state index in [0.717, 1.165) is 60.9 Å². The Labute approximate surface area is 153 Å². The Morgan fingerprint density at radius 3 is 2.54 bits per heavy atom. The zero-order valence-electron chi connectivity index (χ0n) is 15.3. The van der Waals surface area contributed by atoms with Gasteiger partial charge in [0, 0.05) is 23.7 Å². The molecule has 4 rings (SSSR count). The van der Waals surface area contributed by atoms with Gasteiger partial charge >= 0.3 is 0 Å². The third-order valence-electron chi connectivity index (χ3n) is 5.49. The monoisotopic (exact) mass is 357 g/mol. The molecule has 0 amide bonds. The summed E-state index contributed by atoms with van der Waals surface area (Å²) in [4.78, 5) is 9.12. The number of ether oxygens (including phenoxy) is 2. The summed E-state index contributed by atoms with van der Waals surface area (Å²) in [5, 5.41) is 14.0. The molecule has 140 valence electrons. The van der Waals surface area contributed by atoms with E-state index in [1.165, 1.54) is 12.8 Å². The quantitative estimate of drug-likeness (QED) is 0.850. The van der Waals surface area contributed by atoms with Gasteiger partial charge in [-0.25, -0.2) is 9.97 Å². The standard InChI is InChI=1S/C20H27N3O3/c1-25-18-11-17-13(10-19(18)26-16-4-2-3-5-16)12-21-20(23-17)22-14-6-8-15(24)9-7-14/h10-12,14-16,24H,2-9H2,1H3,(H,21,22,23)/t14-,15-. The number of anilines is 1. The van der Waals surface area contributed by atoms with Gasteiger partial charge in [-0.1, -0.05) is 0 Å². The van der Waals surface area contributed by atoms with E-state index in [1.54, 1.807) is 7.11 Å². The van der Waals surface area contributed by atoms with Crippen molar-refractivity contribution in [2.75, 3.05) is 12.4 Å². The molecule has 6 nitrogen and oxygen atoms in total. The first kappa shape index (κ1) is 17.3. The second kappa shape index (κ2) is 7.66. The highest BCUT2D eigenvalue weighted by Crippen LogP contribution is 2.35. The highest BCUT2D eigenvalue weighted by Gasteiger charge is 2.21. The molecule has 2 saturated carbocycles. The minimum atomic E-state index is -0.159. The van der Waals surface area contributed by atoms with Crippen LogP contribution in [0, 0.1) is 0 Å². The molecule has 26 heavy (non-hydrogen) atoms. The topological polar surface area (TPSA) is 76.5 Å².